The lowest BCUT2D eigenvalue weighted by atomic mass is 10.2. The second kappa shape index (κ2) is 6.89. The van der Waals surface area contributed by atoms with E-state index >= 15 is 0 Å². The van der Waals surface area contributed by atoms with Crippen LogP contribution in [0, 0.1) is 5.82 Å². The van der Waals surface area contributed by atoms with Crippen molar-refractivity contribution < 1.29 is 9.18 Å². The summed E-state index contributed by atoms with van der Waals surface area (Å²) >= 11 is 5.87. The summed E-state index contributed by atoms with van der Waals surface area (Å²) in [5.41, 5.74) is 0.970. The fraction of sp³-hybridized carbons (Fsp3) is 0.467. The Morgan fingerprint density at radius 3 is 2.95 bits per heavy atom. The van der Waals surface area contributed by atoms with Gasteiger partial charge in [-0.25, -0.2) is 9.37 Å². The van der Waals surface area contributed by atoms with Crippen molar-refractivity contribution in [3.8, 4) is 0 Å². The van der Waals surface area contributed by atoms with Crippen molar-refractivity contribution >= 4 is 28.5 Å². The number of amides is 1. The molecule has 1 amide bonds. The Hall–Kier alpha value is -1.62. The van der Waals surface area contributed by atoms with Crippen LogP contribution in [0.2, 0.25) is 0 Å². The van der Waals surface area contributed by atoms with Gasteiger partial charge in [-0.1, -0.05) is 13.0 Å². The van der Waals surface area contributed by atoms with Gasteiger partial charge in [-0.05, 0) is 25.5 Å². The molecule has 1 aromatic heterocycles. The second-order valence-corrected chi connectivity index (χ2v) is 5.31. The zero-order valence-electron chi connectivity index (χ0n) is 12.2. The number of fused-ring (bicyclic) bond motifs is 1. The molecule has 1 N–H and O–H groups in total. The van der Waals surface area contributed by atoms with Crippen molar-refractivity contribution in [2.45, 2.75) is 45.2 Å². The Morgan fingerprint density at radius 1 is 1.52 bits per heavy atom. The van der Waals surface area contributed by atoms with Crippen molar-refractivity contribution in [2.24, 2.45) is 0 Å². The van der Waals surface area contributed by atoms with Crippen LogP contribution in [0.5, 0.6) is 0 Å². The Morgan fingerprint density at radius 2 is 2.29 bits per heavy atom. The maximum absolute atomic E-state index is 13.7. The minimum absolute atomic E-state index is 0.0249. The van der Waals surface area contributed by atoms with Gasteiger partial charge in [-0.2, -0.15) is 0 Å². The van der Waals surface area contributed by atoms with E-state index in [1.165, 1.54) is 6.07 Å². The summed E-state index contributed by atoms with van der Waals surface area (Å²) in [6, 6.07) is 4.94. The number of hydrogen-bond acceptors (Lipinski definition) is 2. The van der Waals surface area contributed by atoms with Gasteiger partial charge in [0.25, 0.3) is 0 Å². The summed E-state index contributed by atoms with van der Waals surface area (Å²) in [4.78, 5) is 16.1. The number of nitrogens with zero attached hydrogens (tertiary/aromatic N) is 2. The number of aromatic nitrogens is 2. The first kappa shape index (κ1) is 15.8. The van der Waals surface area contributed by atoms with Gasteiger partial charge < -0.3 is 9.88 Å². The minimum Gasteiger partial charge on any atom is -0.354 e. The number of hydrogen-bond donors (Lipinski definition) is 1. The Kier molecular flexibility index (Phi) is 5.17. The highest BCUT2D eigenvalue weighted by Crippen LogP contribution is 2.20. The van der Waals surface area contributed by atoms with Gasteiger partial charge in [0.2, 0.25) is 5.91 Å². The fourth-order valence-electron chi connectivity index (χ4n) is 2.17. The number of aryl methyl sites for hydroxylation is 1. The molecular formula is C15H19ClFN3O. The average molecular weight is 312 g/mol. The van der Waals surface area contributed by atoms with Crippen molar-refractivity contribution in [1.29, 1.82) is 0 Å². The van der Waals surface area contributed by atoms with E-state index in [4.69, 9.17) is 11.6 Å². The monoisotopic (exact) mass is 311 g/mol. The van der Waals surface area contributed by atoms with E-state index in [1.54, 1.807) is 12.1 Å². The Labute approximate surface area is 128 Å². The summed E-state index contributed by atoms with van der Waals surface area (Å²) in [5.74, 6) is 0.360. The fourth-order valence-corrected chi connectivity index (χ4v) is 2.38. The van der Waals surface area contributed by atoms with Gasteiger partial charge in [0.15, 0.2) is 5.82 Å². The maximum atomic E-state index is 13.7. The maximum Gasteiger partial charge on any atom is 0.221 e. The molecule has 1 unspecified atom stereocenters. The molecule has 114 valence electrons. The molecule has 6 heteroatoms. The van der Waals surface area contributed by atoms with Crippen LogP contribution in [-0.2, 0) is 17.2 Å². The topological polar surface area (TPSA) is 46.9 Å². The van der Waals surface area contributed by atoms with Crippen LogP contribution in [0.15, 0.2) is 18.2 Å². The number of carbonyl (C=O) groups excluding carboxylic acids is 1. The van der Waals surface area contributed by atoms with Crippen LogP contribution in [0.3, 0.4) is 0 Å². The smallest absolute Gasteiger partial charge is 0.221 e. The van der Waals surface area contributed by atoms with E-state index in [9.17, 15) is 9.18 Å². The first-order valence-corrected chi connectivity index (χ1v) is 7.59. The molecule has 2 aromatic rings. The van der Waals surface area contributed by atoms with Gasteiger partial charge in [-0.15, -0.1) is 11.6 Å². The molecule has 1 aromatic carbocycles. The molecule has 0 aliphatic heterocycles. The minimum atomic E-state index is -0.373. The van der Waals surface area contributed by atoms with Gasteiger partial charge in [0.1, 0.15) is 11.3 Å². The van der Waals surface area contributed by atoms with Gasteiger partial charge >= 0.3 is 0 Å². The molecule has 0 bridgehead atoms. The molecule has 0 fully saturated rings. The zero-order chi connectivity index (χ0) is 15.4. The molecule has 0 aliphatic rings. The van der Waals surface area contributed by atoms with Crippen molar-refractivity contribution in [1.82, 2.24) is 14.9 Å². The molecule has 1 atom stereocenters. The number of carbonyl (C=O) groups is 1. The Balaban J connectivity index is 2.18. The second-order valence-electron chi connectivity index (χ2n) is 5.05. The third kappa shape index (κ3) is 3.53. The first-order chi connectivity index (χ1) is 10.1. The molecular weight excluding hydrogens is 293 g/mol. The number of imidazole rings is 1. The molecule has 21 heavy (non-hydrogen) atoms. The number of rotatable bonds is 6. The molecule has 0 aliphatic carbocycles. The summed E-state index contributed by atoms with van der Waals surface area (Å²) in [6.45, 7) is 4.41. The van der Waals surface area contributed by atoms with Crippen molar-refractivity contribution in [2.75, 3.05) is 0 Å². The lowest BCUT2D eigenvalue weighted by Crippen LogP contribution is -2.32. The van der Waals surface area contributed by atoms with E-state index in [1.807, 2.05) is 18.4 Å². The number of halogens is 2. The van der Waals surface area contributed by atoms with E-state index in [-0.39, 0.29) is 23.6 Å². The summed E-state index contributed by atoms with van der Waals surface area (Å²) in [7, 11) is 0. The summed E-state index contributed by atoms with van der Waals surface area (Å²) in [6.07, 6.45) is 1.20. The lowest BCUT2D eigenvalue weighted by molar-refractivity contribution is -0.121. The number of benzene rings is 1. The highest BCUT2D eigenvalue weighted by molar-refractivity contribution is 6.16. The zero-order valence-corrected chi connectivity index (χ0v) is 13.0. The van der Waals surface area contributed by atoms with E-state index in [0.29, 0.717) is 29.8 Å². The largest absolute Gasteiger partial charge is 0.354 e. The van der Waals surface area contributed by atoms with Crippen LogP contribution in [-0.4, -0.2) is 21.5 Å². The standard InChI is InChI=1S/C15H19ClFN3O/c1-3-10(2)18-14(21)7-8-20-12-6-4-5-11(17)15(12)19-13(20)9-16/h4-6,10H,3,7-9H2,1-2H3,(H,18,21). The molecule has 4 nitrogen and oxygen atoms in total. The highest BCUT2D eigenvalue weighted by Gasteiger charge is 2.14. The van der Waals surface area contributed by atoms with Crippen LogP contribution < -0.4 is 5.32 Å². The van der Waals surface area contributed by atoms with Crippen LogP contribution >= 0.6 is 11.6 Å². The average Bonchev–Trinajstić information content (AvgIpc) is 2.84. The molecule has 1 heterocycles. The molecule has 2 rings (SSSR count). The van der Waals surface area contributed by atoms with Crippen LogP contribution in [0.4, 0.5) is 4.39 Å². The van der Waals surface area contributed by atoms with E-state index in [0.717, 1.165) is 6.42 Å². The van der Waals surface area contributed by atoms with Crippen molar-refractivity contribution in [3.05, 3.63) is 29.8 Å². The van der Waals surface area contributed by atoms with E-state index in [2.05, 4.69) is 10.3 Å². The van der Waals surface area contributed by atoms with Gasteiger partial charge in [0.05, 0.1) is 11.4 Å². The number of para-hydroxylation sites is 1. The number of alkyl halides is 1. The predicted octanol–water partition coefficient (Wildman–Crippen LogP) is 3.22. The van der Waals surface area contributed by atoms with Crippen LogP contribution in [0.1, 0.15) is 32.5 Å². The third-order valence-corrected chi connectivity index (χ3v) is 3.75. The van der Waals surface area contributed by atoms with Gasteiger partial charge in [0, 0.05) is 19.0 Å². The molecule has 0 spiro atoms. The molecule has 0 saturated heterocycles. The SMILES string of the molecule is CCC(C)NC(=O)CCn1c(CCl)nc2c(F)cccc21. The third-order valence-electron chi connectivity index (χ3n) is 3.51. The molecule has 0 radical (unpaired) electrons. The van der Waals surface area contributed by atoms with Gasteiger partial charge in [-0.3, -0.25) is 4.79 Å². The number of nitrogens with one attached hydrogen (secondary N) is 1. The summed E-state index contributed by atoms with van der Waals surface area (Å²) < 4.78 is 15.5. The normalized spacial score (nSPS) is 12.6. The summed E-state index contributed by atoms with van der Waals surface area (Å²) in [5, 5.41) is 2.91. The first-order valence-electron chi connectivity index (χ1n) is 7.05. The highest BCUT2D eigenvalue weighted by atomic mass is 35.5. The van der Waals surface area contributed by atoms with Crippen LogP contribution in [0.25, 0.3) is 11.0 Å². The van der Waals surface area contributed by atoms with E-state index < -0.39 is 0 Å². The lowest BCUT2D eigenvalue weighted by Gasteiger charge is -2.12. The Bertz CT molecular complexity index is 641. The molecule has 0 saturated carbocycles. The quantitative estimate of drug-likeness (QED) is 0.833. The predicted molar refractivity (Wildman–Crippen MR) is 81.8 cm³/mol. The van der Waals surface area contributed by atoms with Crippen molar-refractivity contribution in [3.63, 3.8) is 0 Å².